The smallest absolute Gasteiger partial charge is 0.00150 e. The molecule has 8 rings (SSSR count). The van der Waals surface area contributed by atoms with Crippen LogP contribution in [0.25, 0.3) is 0 Å². The highest BCUT2D eigenvalue weighted by Gasteiger charge is 2.59. The van der Waals surface area contributed by atoms with Crippen LogP contribution in [-0.2, 0) is 0 Å². The lowest BCUT2D eigenvalue weighted by Crippen LogP contribution is -2.59. The van der Waals surface area contributed by atoms with Gasteiger partial charge in [-0.25, -0.2) is 0 Å². The Morgan fingerprint density at radius 3 is 2.23 bits per heavy atom. The number of rotatable bonds is 9. The van der Waals surface area contributed by atoms with Gasteiger partial charge in [0.05, 0.1) is 0 Å². The summed E-state index contributed by atoms with van der Waals surface area (Å²) in [5, 5.41) is 3.95. The summed E-state index contributed by atoms with van der Waals surface area (Å²) < 4.78 is 0. The Bertz CT molecular complexity index is 504. The fourth-order valence-corrected chi connectivity index (χ4v) is 9.26. The Labute approximate surface area is 161 Å². The van der Waals surface area contributed by atoms with Gasteiger partial charge >= 0.3 is 0 Å². The number of fused-ring (bicyclic) bond motifs is 3. The lowest BCUT2D eigenvalue weighted by Gasteiger charge is -2.65. The van der Waals surface area contributed by atoms with Crippen LogP contribution >= 0.6 is 0 Å². The summed E-state index contributed by atoms with van der Waals surface area (Å²) >= 11 is 0. The highest BCUT2D eigenvalue weighted by Crippen LogP contribution is 2.66. The molecule has 0 saturated heterocycles. The van der Waals surface area contributed by atoms with Crippen LogP contribution in [0.3, 0.4) is 0 Å². The first-order valence-corrected chi connectivity index (χ1v) is 12.5. The van der Waals surface area contributed by atoms with Crippen molar-refractivity contribution in [2.45, 2.75) is 77.6 Å². The third kappa shape index (κ3) is 2.44. The van der Waals surface area contributed by atoms with Gasteiger partial charge in [0.1, 0.15) is 0 Å². The van der Waals surface area contributed by atoms with Crippen molar-refractivity contribution in [2.75, 3.05) is 13.1 Å². The monoisotopic (exact) mass is 355 g/mol. The zero-order valence-electron chi connectivity index (χ0n) is 17.0. The molecule has 0 heterocycles. The van der Waals surface area contributed by atoms with Crippen molar-refractivity contribution >= 4 is 0 Å². The average Bonchev–Trinajstić information content (AvgIpc) is 3.16. The molecule has 6 bridgehead atoms. The quantitative estimate of drug-likeness (QED) is 0.555. The van der Waals surface area contributed by atoms with Crippen LogP contribution in [-0.4, -0.2) is 13.1 Å². The highest BCUT2D eigenvalue weighted by atomic mass is 14.9. The van der Waals surface area contributed by atoms with Gasteiger partial charge < -0.3 is 5.32 Å². The second-order valence-electron chi connectivity index (χ2n) is 11.6. The van der Waals surface area contributed by atoms with Crippen molar-refractivity contribution in [2.24, 2.45) is 65.1 Å². The summed E-state index contributed by atoms with van der Waals surface area (Å²) in [4.78, 5) is 0. The first-order valence-electron chi connectivity index (χ1n) is 12.5. The topological polar surface area (TPSA) is 12.0 Å². The Morgan fingerprint density at radius 1 is 0.692 bits per heavy atom. The van der Waals surface area contributed by atoms with Crippen LogP contribution < -0.4 is 5.32 Å². The Morgan fingerprint density at radius 2 is 1.50 bits per heavy atom. The van der Waals surface area contributed by atoms with E-state index in [1.165, 1.54) is 43.7 Å². The van der Waals surface area contributed by atoms with Gasteiger partial charge in [0.2, 0.25) is 0 Å². The largest absolute Gasteiger partial charge is 0.316 e. The SMILES string of the molecule is CCC1C2C[C@@H]1[C@@H]2CCCC1CC2C[C@@H]1C2CNCC1C2CCCC1C2. The Balaban J connectivity index is 0.897. The van der Waals surface area contributed by atoms with E-state index < -0.39 is 0 Å². The second kappa shape index (κ2) is 6.50. The molecule has 0 aromatic rings. The highest BCUT2D eigenvalue weighted by molar-refractivity contribution is 5.08. The first-order chi connectivity index (χ1) is 12.8. The van der Waals surface area contributed by atoms with Crippen LogP contribution in [0.4, 0.5) is 0 Å². The molecule has 0 aromatic heterocycles. The first kappa shape index (κ1) is 16.9. The van der Waals surface area contributed by atoms with E-state index in [0.29, 0.717) is 0 Å². The molecule has 10 atom stereocenters. The Kier molecular flexibility index (Phi) is 4.22. The molecule has 0 radical (unpaired) electrons. The third-order valence-corrected chi connectivity index (χ3v) is 11.0. The van der Waals surface area contributed by atoms with E-state index in [9.17, 15) is 0 Å². The van der Waals surface area contributed by atoms with E-state index in [1.807, 2.05) is 0 Å². The lowest BCUT2D eigenvalue weighted by atomic mass is 9.40. The lowest BCUT2D eigenvalue weighted by molar-refractivity contribution is -0.167. The molecule has 8 fully saturated rings. The number of nitrogens with one attached hydrogen (secondary N) is 1. The predicted molar refractivity (Wildman–Crippen MR) is 108 cm³/mol. The molecule has 0 aromatic carbocycles. The Hall–Kier alpha value is -0.0400. The van der Waals surface area contributed by atoms with E-state index in [0.717, 1.165) is 47.3 Å². The molecule has 1 N–H and O–H groups in total. The van der Waals surface area contributed by atoms with Crippen molar-refractivity contribution in [3.63, 3.8) is 0 Å². The molecule has 0 spiro atoms. The van der Waals surface area contributed by atoms with Crippen molar-refractivity contribution in [3.05, 3.63) is 0 Å². The van der Waals surface area contributed by atoms with Gasteiger partial charge in [-0.2, -0.15) is 0 Å². The maximum absolute atomic E-state index is 3.95. The molecular formula is C25H41N. The summed E-state index contributed by atoms with van der Waals surface area (Å²) in [6.07, 6.45) is 17.2. The number of hydrogen-bond donors (Lipinski definition) is 1. The van der Waals surface area contributed by atoms with E-state index in [1.54, 1.807) is 57.8 Å². The molecule has 1 heteroatoms. The maximum Gasteiger partial charge on any atom is -0.00150 e. The zero-order chi connectivity index (χ0) is 17.3. The van der Waals surface area contributed by atoms with E-state index >= 15 is 0 Å². The van der Waals surface area contributed by atoms with Crippen LogP contribution in [0.15, 0.2) is 0 Å². The number of hydrogen-bond acceptors (Lipinski definition) is 1. The van der Waals surface area contributed by atoms with E-state index in [-0.39, 0.29) is 0 Å². The van der Waals surface area contributed by atoms with Crippen molar-refractivity contribution in [3.8, 4) is 0 Å². The minimum Gasteiger partial charge on any atom is -0.316 e. The predicted octanol–water partition coefficient (Wildman–Crippen LogP) is 5.75. The van der Waals surface area contributed by atoms with E-state index in [4.69, 9.17) is 0 Å². The van der Waals surface area contributed by atoms with Gasteiger partial charge in [-0.1, -0.05) is 45.4 Å². The average molecular weight is 356 g/mol. The summed E-state index contributed by atoms with van der Waals surface area (Å²) in [5.41, 5.74) is 0. The normalized spacial score (nSPS) is 55.5. The molecular weight excluding hydrogens is 314 g/mol. The molecule has 0 amide bonds. The summed E-state index contributed by atoms with van der Waals surface area (Å²) in [5.74, 6) is 12.4. The maximum atomic E-state index is 3.95. The van der Waals surface area contributed by atoms with Gasteiger partial charge in [-0.3, -0.25) is 0 Å². The molecule has 0 aliphatic heterocycles. The van der Waals surface area contributed by atoms with E-state index in [2.05, 4.69) is 12.2 Å². The molecule has 146 valence electrons. The molecule has 7 unspecified atom stereocenters. The van der Waals surface area contributed by atoms with Gasteiger partial charge in [-0.15, -0.1) is 0 Å². The fraction of sp³-hybridized carbons (Fsp3) is 1.00. The van der Waals surface area contributed by atoms with Crippen molar-refractivity contribution in [1.82, 2.24) is 5.32 Å². The van der Waals surface area contributed by atoms with Crippen LogP contribution in [0.5, 0.6) is 0 Å². The van der Waals surface area contributed by atoms with Crippen LogP contribution in [0.2, 0.25) is 0 Å². The van der Waals surface area contributed by atoms with Gasteiger partial charge in [0, 0.05) is 0 Å². The van der Waals surface area contributed by atoms with Crippen molar-refractivity contribution < 1.29 is 0 Å². The minimum absolute atomic E-state index is 1.07. The molecule has 8 saturated carbocycles. The zero-order valence-corrected chi connectivity index (χ0v) is 17.0. The van der Waals surface area contributed by atoms with Crippen molar-refractivity contribution in [1.29, 1.82) is 0 Å². The van der Waals surface area contributed by atoms with Gasteiger partial charge in [-0.05, 0) is 110 Å². The molecule has 1 nitrogen and oxygen atoms in total. The summed E-state index contributed by atoms with van der Waals surface area (Å²) in [6.45, 7) is 5.14. The third-order valence-electron chi connectivity index (χ3n) is 11.0. The molecule has 8 aliphatic rings. The summed E-state index contributed by atoms with van der Waals surface area (Å²) in [6, 6.07) is 0. The fourth-order valence-electron chi connectivity index (χ4n) is 9.26. The van der Waals surface area contributed by atoms with Gasteiger partial charge in [0.15, 0.2) is 0 Å². The van der Waals surface area contributed by atoms with Crippen LogP contribution in [0.1, 0.15) is 77.6 Å². The molecule has 26 heavy (non-hydrogen) atoms. The second-order valence-corrected chi connectivity index (χ2v) is 11.6. The van der Waals surface area contributed by atoms with Crippen LogP contribution in [0, 0.1) is 65.1 Å². The summed E-state index contributed by atoms with van der Waals surface area (Å²) in [7, 11) is 0. The van der Waals surface area contributed by atoms with Gasteiger partial charge in [0.25, 0.3) is 0 Å². The minimum atomic E-state index is 1.07. The standard InChI is InChI=1S/C25H41N/c1-2-19-22-12-23(19)20(22)8-4-7-15-10-18-11-21(15)25(18)14-26-13-24-16-5-3-6-17(24)9-16/h15-26H,2-14H2,1H3/t15?,16?,17?,18?,19?,20-,21-,22-,23?,24?,25?/m0/s1. The molecule has 8 aliphatic carbocycles.